The summed E-state index contributed by atoms with van der Waals surface area (Å²) >= 11 is 0. The summed E-state index contributed by atoms with van der Waals surface area (Å²) in [6.45, 7) is 6.68. The van der Waals surface area contributed by atoms with E-state index in [-0.39, 0.29) is 42.7 Å². The van der Waals surface area contributed by atoms with Crippen molar-refractivity contribution in [2.24, 2.45) is 11.1 Å². The Balaban J connectivity index is 1.57. The summed E-state index contributed by atoms with van der Waals surface area (Å²) in [4.78, 5) is 48.3. The Hall–Kier alpha value is -6.09. The van der Waals surface area contributed by atoms with Crippen molar-refractivity contribution in [1.29, 1.82) is 0 Å². The van der Waals surface area contributed by atoms with Crippen LogP contribution in [0.3, 0.4) is 0 Å². The topological polar surface area (TPSA) is 220 Å². The van der Waals surface area contributed by atoms with Crippen LogP contribution >= 0.6 is 0 Å². The lowest BCUT2D eigenvalue weighted by Gasteiger charge is -2.27. The molecule has 0 radical (unpaired) electrons. The first-order valence-electron chi connectivity index (χ1n) is 19.4. The number of aromatic nitrogens is 3. The van der Waals surface area contributed by atoms with Crippen molar-refractivity contribution in [3.63, 3.8) is 0 Å². The maximum Gasteiger partial charge on any atom is 0.271 e. The van der Waals surface area contributed by atoms with Crippen LogP contribution in [-0.2, 0) is 33.8 Å². The molecule has 58 heavy (non-hydrogen) atoms. The highest BCUT2D eigenvalue weighted by molar-refractivity contribution is 5.91. The Bertz CT molecular complexity index is 2230. The minimum Gasteiger partial charge on any atom is -0.494 e. The van der Waals surface area contributed by atoms with Crippen LogP contribution in [0.15, 0.2) is 108 Å². The van der Waals surface area contributed by atoms with E-state index in [1.807, 2.05) is 87.6 Å². The number of para-hydroxylation sites is 1. The van der Waals surface area contributed by atoms with Gasteiger partial charge in [0.05, 0.1) is 12.3 Å². The number of H-pyrrole nitrogens is 2. The summed E-state index contributed by atoms with van der Waals surface area (Å²) < 4.78 is 6.57. The molecule has 308 valence electrons. The number of hydrogen-bond donors (Lipinski definition) is 9. The Morgan fingerprint density at radius 3 is 2.24 bits per heavy atom. The van der Waals surface area contributed by atoms with E-state index >= 15 is 0 Å². The molecule has 0 fully saturated rings. The number of aliphatic hydroxyl groups excluding tert-OH is 1. The first-order valence-corrected chi connectivity index (χ1v) is 19.4. The fourth-order valence-corrected chi connectivity index (χ4v) is 6.43. The fourth-order valence-electron chi connectivity index (χ4n) is 6.43. The second kappa shape index (κ2) is 20.4. The molecule has 0 bridgehead atoms. The van der Waals surface area contributed by atoms with Gasteiger partial charge in [0.1, 0.15) is 17.8 Å². The van der Waals surface area contributed by atoms with Gasteiger partial charge >= 0.3 is 0 Å². The highest BCUT2D eigenvalue weighted by atomic mass is 16.6. The van der Waals surface area contributed by atoms with E-state index in [4.69, 9.17) is 10.5 Å². The van der Waals surface area contributed by atoms with Crippen molar-refractivity contribution in [2.75, 3.05) is 18.4 Å². The van der Waals surface area contributed by atoms with Gasteiger partial charge in [-0.05, 0) is 60.0 Å². The standard InChI is InChI=1S/C44H55N7O7/c1-44(2,3)28-47-39(53)35(25-31-26-46-33-19-11-10-18-32(31)33)48-41(55)37(20-12-13-23-45)51-38(52)22-21-34(50-43(57)58-27-30-16-8-5-9-17-30)40(54)49-36(42(51)56)24-29-14-6-4-7-15-29/h4-11,14-19,21-22,26,35,37,43,46,50,52,56-57H,12-13,20,23-25,27-28,45H2,1-3H3,(H,47,53)(H,48,55)(H,49,54)/t35-,37-,43?/m0/s1. The third-order valence-corrected chi connectivity index (χ3v) is 9.48. The van der Waals surface area contributed by atoms with Crippen LogP contribution in [0.25, 0.3) is 10.9 Å². The molecule has 1 unspecified atom stereocenters. The van der Waals surface area contributed by atoms with Crippen molar-refractivity contribution in [3.05, 3.63) is 136 Å². The zero-order valence-electron chi connectivity index (χ0n) is 33.2. The molecule has 5 aromatic rings. The number of hydrogen-bond acceptors (Lipinski definition) is 9. The minimum absolute atomic E-state index is 0.0158. The summed E-state index contributed by atoms with van der Waals surface area (Å²) in [5, 5.41) is 44.0. The summed E-state index contributed by atoms with van der Waals surface area (Å²) in [6, 6.07) is 25.8. The SMILES string of the molecule is CC(C)(C)CNC(=O)[C@H](Cc1c[nH]c2ccccc12)NC(=O)[C@H](CCCCN)n1c(O)ccc(NC(O)OCc2ccccc2)c(=O)[nH]c(Cc2ccccc2)c1O. The number of aromatic hydroxyl groups is 2. The number of ether oxygens (including phenoxy) is 1. The molecule has 0 spiro atoms. The number of nitrogens with zero attached hydrogens (tertiary/aromatic N) is 1. The van der Waals surface area contributed by atoms with Crippen LogP contribution in [0.2, 0.25) is 0 Å². The predicted octanol–water partition coefficient (Wildman–Crippen LogP) is 5.25. The lowest BCUT2D eigenvalue weighted by atomic mass is 9.96. The van der Waals surface area contributed by atoms with Gasteiger partial charge in [0.25, 0.3) is 5.56 Å². The van der Waals surface area contributed by atoms with Crippen LogP contribution in [0, 0.1) is 5.41 Å². The van der Waals surface area contributed by atoms with Gasteiger partial charge in [-0.15, -0.1) is 0 Å². The molecule has 2 amide bonds. The third kappa shape index (κ3) is 12.2. The average Bonchev–Trinajstić information content (AvgIpc) is 3.63. The normalized spacial score (nSPS) is 13.0. The summed E-state index contributed by atoms with van der Waals surface area (Å²) in [6.07, 6.45) is 1.35. The van der Waals surface area contributed by atoms with Gasteiger partial charge in [-0.3, -0.25) is 19.0 Å². The van der Waals surface area contributed by atoms with Gasteiger partial charge in [-0.1, -0.05) is 99.6 Å². The van der Waals surface area contributed by atoms with Gasteiger partial charge in [0.2, 0.25) is 24.1 Å². The molecule has 0 aliphatic rings. The highest BCUT2D eigenvalue weighted by Gasteiger charge is 2.30. The maximum atomic E-state index is 14.6. The van der Waals surface area contributed by atoms with E-state index < -0.39 is 47.6 Å². The number of aliphatic hydroxyl groups is 1. The minimum atomic E-state index is -1.63. The molecule has 2 heterocycles. The molecule has 0 aliphatic heterocycles. The smallest absolute Gasteiger partial charge is 0.271 e. The van der Waals surface area contributed by atoms with Gasteiger partial charge < -0.3 is 51.7 Å². The molecule has 2 aromatic heterocycles. The molecule has 0 saturated carbocycles. The number of anilines is 1. The maximum absolute atomic E-state index is 14.6. The van der Waals surface area contributed by atoms with E-state index in [1.165, 1.54) is 6.07 Å². The summed E-state index contributed by atoms with van der Waals surface area (Å²) in [5.41, 5.74) is 7.79. The van der Waals surface area contributed by atoms with Crippen LogP contribution < -0.4 is 27.2 Å². The molecule has 0 aliphatic carbocycles. The number of nitrogens with two attached hydrogens (primary N) is 1. The van der Waals surface area contributed by atoms with Crippen molar-refractivity contribution in [1.82, 2.24) is 25.2 Å². The molecular weight excluding hydrogens is 739 g/mol. The monoisotopic (exact) mass is 793 g/mol. The van der Waals surface area contributed by atoms with Crippen LogP contribution in [0.5, 0.6) is 11.8 Å². The average molecular weight is 794 g/mol. The van der Waals surface area contributed by atoms with Crippen LogP contribution in [0.1, 0.15) is 68.5 Å². The largest absolute Gasteiger partial charge is 0.494 e. The van der Waals surface area contributed by atoms with Gasteiger partial charge in [-0.2, -0.15) is 0 Å². The van der Waals surface area contributed by atoms with Crippen LogP contribution in [-0.4, -0.2) is 67.2 Å². The number of nitrogens with one attached hydrogen (secondary N) is 5. The van der Waals surface area contributed by atoms with E-state index in [1.54, 1.807) is 24.3 Å². The third-order valence-electron chi connectivity index (χ3n) is 9.48. The Morgan fingerprint density at radius 2 is 1.55 bits per heavy atom. The molecular formula is C44H55N7O7. The number of fused-ring (bicyclic) bond motifs is 1. The van der Waals surface area contributed by atoms with Gasteiger partial charge in [-0.25, -0.2) is 0 Å². The van der Waals surface area contributed by atoms with E-state index in [0.717, 1.165) is 32.7 Å². The zero-order valence-corrected chi connectivity index (χ0v) is 33.2. The zero-order chi connectivity index (χ0) is 41.7. The Kier molecular flexibility index (Phi) is 15.1. The molecule has 14 nitrogen and oxygen atoms in total. The molecule has 0 saturated heterocycles. The summed E-state index contributed by atoms with van der Waals surface area (Å²) in [7, 11) is 0. The fraction of sp³-hybridized carbons (Fsp3) is 0.341. The number of carbonyl (C=O) groups excluding carboxylic acids is 2. The summed E-state index contributed by atoms with van der Waals surface area (Å²) in [5.74, 6) is -2.24. The Morgan fingerprint density at radius 1 is 0.879 bits per heavy atom. The second-order valence-corrected chi connectivity index (χ2v) is 15.4. The first-order chi connectivity index (χ1) is 27.8. The van der Waals surface area contributed by atoms with Crippen molar-refractivity contribution >= 4 is 28.4 Å². The van der Waals surface area contributed by atoms with E-state index in [9.17, 15) is 29.7 Å². The van der Waals surface area contributed by atoms with Gasteiger partial charge in [0.15, 0.2) is 5.88 Å². The van der Waals surface area contributed by atoms with Crippen molar-refractivity contribution in [3.8, 4) is 11.8 Å². The van der Waals surface area contributed by atoms with Crippen molar-refractivity contribution < 1.29 is 29.6 Å². The molecule has 14 heteroatoms. The van der Waals surface area contributed by atoms with E-state index in [0.29, 0.717) is 31.5 Å². The second-order valence-electron chi connectivity index (χ2n) is 15.4. The van der Waals surface area contributed by atoms with Gasteiger partial charge in [0, 0.05) is 42.6 Å². The number of benzene rings is 3. The molecule has 3 atom stereocenters. The first kappa shape index (κ1) is 43.0. The quantitative estimate of drug-likeness (QED) is 0.0417. The Labute approximate surface area is 337 Å². The van der Waals surface area contributed by atoms with Crippen molar-refractivity contribution in [2.45, 2.75) is 78.0 Å². The molecule has 3 aromatic carbocycles. The van der Waals surface area contributed by atoms with Crippen LogP contribution in [0.4, 0.5) is 5.69 Å². The number of unbranched alkanes of at least 4 members (excludes halogenated alkanes) is 1. The number of aromatic amines is 2. The number of rotatable bonds is 18. The van der Waals surface area contributed by atoms with E-state index in [2.05, 4.69) is 25.9 Å². The molecule has 10 N–H and O–H groups in total. The lowest BCUT2D eigenvalue weighted by Crippen LogP contribution is -2.51. The highest BCUT2D eigenvalue weighted by Crippen LogP contribution is 2.30. The number of carbonyl (C=O) groups is 2. The molecule has 5 rings (SSSR count). The lowest BCUT2D eigenvalue weighted by molar-refractivity contribution is -0.131. The number of amides is 2. The predicted molar refractivity (Wildman–Crippen MR) is 224 cm³/mol.